The van der Waals surface area contributed by atoms with Crippen LogP contribution in [0.1, 0.15) is 25.3 Å². The van der Waals surface area contributed by atoms with Crippen molar-refractivity contribution in [2.75, 3.05) is 26.0 Å². The lowest BCUT2D eigenvalue weighted by Gasteiger charge is -2.29. The summed E-state index contributed by atoms with van der Waals surface area (Å²) in [7, 11) is -1.61. The Labute approximate surface area is 200 Å². The molecular weight excluding hydrogens is 454 g/mol. The number of hydrogen-bond acceptors (Lipinski definition) is 6. The molecule has 0 atom stereocenters. The van der Waals surface area contributed by atoms with Gasteiger partial charge in [0.15, 0.2) is 0 Å². The molecule has 1 aliphatic heterocycles. The minimum atomic E-state index is -3.23. The van der Waals surface area contributed by atoms with Crippen LogP contribution in [0.3, 0.4) is 0 Å². The first-order chi connectivity index (χ1) is 16.4. The highest BCUT2D eigenvalue weighted by molar-refractivity contribution is 7.89. The molecule has 3 aromatic rings. The zero-order chi connectivity index (χ0) is 24.1. The van der Waals surface area contributed by atoms with Crippen molar-refractivity contribution in [3.63, 3.8) is 0 Å². The minimum Gasteiger partial charge on any atom is -0.497 e. The molecule has 0 N–H and O–H groups in total. The summed E-state index contributed by atoms with van der Waals surface area (Å²) in [5.74, 6) is 0.205. The van der Waals surface area contributed by atoms with Crippen LogP contribution in [0.5, 0.6) is 5.75 Å². The molecule has 0 saturated carbocycles. The maximum absolute atomic E-state index is 12.8. The molecule has 2 aromatic carbocycles. The number of ether oxygens (including phenoxy) is 2. The van der Waals surface area contributed by atoms with Gasteiger partial charge in [-0.15, -0.1) is 0 Å². The smallest absolute Gasteiger partial charge is 0.309 e. The van der Waals surface area contributed by atoms with Gasteiger partial charge in [0.05, 0.1) is 30.2 Å². The summed E-state index contributed by atoms with van der Waals surface area (Å²) >= 11 is 0. The standard InChI is InChI=1S/C25H29N3O5S/c1-3-34(30,31)27-15-13-20(14-16-27)25(29)33-18-21-17-28(22-7-5-4-6-8-22)26-24(21)19-9-11-23(32-2)12-10-19/h4-12,17,20H,3,13-16,18H2,1-2H3. The van der Waals surface area contributed by atoms with Crippen LogP contribution in [0.4, 0.5) is 0 Å². The van der Waals surface area contributed by atoms with Crippen LogP contribution in [0, 0.1) is 5.92 Å². The van der Waals surface area contributed by atoms with E-state index < -0.39 is 10.0 Å². The molecule has 9 heteroatoms. The van der Waals surface area contributed by atoms with Gasteiger partial charge in [0.1, 0.15) is 12.4 Å². The number of benzene rings is 2. The van der Waals surface area contributed by atoms with E-state index in [2.05, 4.69) is 0 Å². The Bertz CT molecular complexity index is 1220. The van der Waals surface area contributed by atoms with Crippen LogP contribution in [0.25, 0.3) is 16.9 Å². The van der Waals surface area contributed by atoms with E-state index in [1.54, 1.807) is 18.7 Å². The predicted molar refractivity (Wildman–Crippen MR) is 129 cm³/mol. The van der Waals surface area contributed by atoms with Crippen LogP contribution >= 0.6 is 0 Å². The van der Waals surface area contributed by atoms with Crippen molar-refractivity contribution in [3.05, 3.63) is 66.4 Å². The zero-order valence-corrected chi connectivity index (χ0v) is 20.2. The third-order valence-electron chi connectivity index (χ3n) is 6.09. The van der Waals surface area contributed by atoms with Crippen molar-refractivity contribution in [1.29, 1.82) is 0 Å². The quantitative estimate of drug-likeness (QED) is 0.454. The molecule has 1 saturated heterocycles. The topological polar surface area (TPSA) is 90.7 Å². The molecule has 1 aliphatic rings. The first kappa shape index (κ1) is 24.0. The minimum absolute atomic E-state index is 0.0711. The Morgan fingerprint density at radius 1 is 1.06 bits per heavy atom. The van der Waals surface area contributed by atoms with E-state index in [0.29, 0.717) is 25.9 Å². The van der Waals surface area contributed by atoms with Gasteiger partial charge >= 0.3 is 5.97 Å². The van der Waals surface area contributed by atoms with E-state index in [4.69, 9.17) is 14.6 Å². The summed E-state index contributed by atoms with van der Waals surface area (Å²) in [6, 6.07) is 17.3. The number of rotatable bonds is 8. The number of hydrogen-bond donors (Lipinski definition) is 0. The number of nitrogens with zero attached hydrogens (tertiary/aromatic N) is 3. The van der Waals surface area contributed by atoms with Gasteiger partial charge in [0, 0.05) is 30.4 Å². The fourth-order valence-corrected chi connectivity index (χ4v) is 5.17. The van der Waals surface area contributed by atoms with Gasteiger partial charge in [-0.05, 0) is 56.2 Å². The van der Waals surface area contributed by atoms with Gasteiger partial charge in [-0.2, -0.15) is 5.10 Å². The second-order valence-electron chi connectivity index (χ2n) is 8.19. The number of carbonyl (C=O) groups is 1. The van der Waals surface area contributed by atoms with Crippen molar-refractivity contribution < 1.29 is 22.7 Å². The Hall–Kier alpha value is -3.17. The molecule has 1 aromatic heterocycles. The summed E-state index contributed by atoms with van der Waals surface area (Å²) < 4.78 is 38.3. The number of aromatic nitrogens is 2. The highest BCUT2D eigenvalue weighted by Gasteiger charge is 2.31. The highest BCUT2D eigenvalue weighted by atomic mass is 32.2. The monoisotopic (exact) mass is 483 g/mol. The molecular formula is C25H29N3O5S. The van der Waals surface area contributed by atoms with Crippen molar-refractivity contribution in [1.82, 2.24) is 14.1 Å². The molecule has 2 heterocycles. The molecule has 4 rings (SSSR count). The molecule has 1 fully saturated rings. The third kappa shape index (κ3) is 5.31. The van der Waals surface area contributed by atoms with Gasteiger partial charge < -0.3 is 9.47 Å². The zero-order valence-electron chi connectivity index (χ0n) is 19.4. The van der Waals surface area contributed by atoms with Gasteiger partial charge in [0.25, 0.3) is 0 Å². The number of para-hydroxylation sites is 1. The SMILES string of the molecule is CCS(=O)(=O)N1CCC(C(=O)OCc2cn(-c3ccccc3)nc2-c2ccc(OC)cc2)CC1. The average Bonchev–Trinajstić information content (AvgIpc) is 3.32. The van der Waals surface area contributed by atoms with Crippen LogP contribution < -0.4 is 4.74 Å². The fraction of sp³-hybridized carbons (Fsp3) is 0.360. The highest BCUT2D eigenvalue weighted by Crippen LogP contribution is 2.27. The van der Waals surface area contributed by atoms with E-state index in [0.717, 1.165) is 28.3 Å². The van der Waals surface area contributed by atoms with Gasteiger partial charge in [-0.1, -0.05) is 18.2 Å². The summed E-state index contributed by atoms with van der Waals surface area (Å²) in [5, 5.41) is 4.75. The summed E-state index contributed by atoms with van der Waals surface area (Å²) in [5.41, 5.74) is 3.30. The Morgan fingerprint density at radius 3 is 2.35 bits per heavy atom. The first-order valence-corrected chi connectivity index (χ1v) is 12.9. The third-order valence-corrected chi connectivity index (χ3v) is 7.97. The van der Waals surface area contributed by atoms with Crippen LogP contribution in [0.2, 0.25) is 0 Å². The van der Waals surface area contributed by atoms with E-state index in [1.165, 1.54) is 4.31 Å². The largest absolute Gasteiger partial charge is 0.497 e. The summed E-state index contributed by atoms with van der Waals surface area (Å²) in [6.45, 7) is 2.41. The predicted octanol–water partition coefficient (Wildman–Crippen LogP) is 3.65. The molecule has 0 unspecified atom stereocenters. The lowest BCUT2D eigenvalue weighted by atomic mass is 9.98. The second-order valence-corrected chi connectivity index (χ2v) is 10.5. The number of sulfonamides is 1. The number of piperidine rings is 1. The molecule has 180 valence electrons. The number of esters is 1. The van der Waals surface area contributed by atoms with Crippen LogP contribution in [-0.2, 0) is 26.2 Å². The lowest BCUT2D eigenvalue weighted by Crippen LogP contribution is -2.41. The van der Waals surface area contributed by atoms with Crippen LogP contribution in [0.15, 0.2) is 60.8 Å². The van der Waals surface area contributed by atoms with Crippen molar-refractivity contribution in [2.24, 2.45) is 5.92 Å². The normalized spacial score (nSPS) is 15.2. The Balaban J connectivity index is 1.49. The lowest BCUT2D eigenvalue weighted by molar-refractivity contribution is -0.151. The molecule has 0 bridgehead atoms. The van der Waals surface area contributed by atoms with Crippen molar-refractivity contribution >= 4 is 16.0 Å². The molecule has 0 aliphatic carbocycles. The van der Waals surface area contributed by atoms with E-state index in [-0.39, 0.29) is 24.2 Å². The molecule has 34 heavy (non-hydrogen) atoms. The van der Waals surface area contributed by atoms with E-state index >= 15 is 0 Å². The van der Waals surface area contributed by atoms with Gasteiger partial charge in [0.2, 0.25) is 10.0 Å². The molecule has 0 radical (unpaired) electrons. The molecule has 0 spiro atoms. The Kier molecular flexibility index (Phi) is 7.33. The summed E-state index contributed by atoms with van der Waals surface area (Å²) in [6.07, 6.45) is 2.80. The maximum Gasteiger partial charge on any atom is 0.309 e. The fourth-order valence-electron chi connectivity index (χ4n) is 4.04. The second kappa shape index (κ2) is 10.4. The van der Waals surface area contributed by atoms with Crippen LogP contribution in [-0.4, -0.2) is 54.4 Å². The first-order valence-electron chi connectivity index (χ1n) is 11.3. The van der Waals surface area contributed by atoms with Crippen molar-refractivity contribution in [3.8, 4) is 22.7 Å². The molecule has 0 amide bonds. The van der Waals surface area contributed by atoms with E-state index in [9.17, 15) is 13.2 Å². The summed E-state index contributed by atoms with van der Waals surface area (Å²) in [4.78, 5) is 12.8. The van der Waals surface area contributed by atoms with Gasteiger partial charge in [-0.25, -0.2) is 17.4 Å². The Morgan fingerprint density at radius 2 is 1.74 bits per heavy atom. The number of carbonyl (C=O) groups excluding carboxylic acids is 1. The van der Waals surface area contributed by atoms with E-state index in [1.807, 2.05) is 60.8 Å². The average molecular weight is 484 g/mol. The van der Waals surface area contributed by atoms with Crippen molar-refractivity contribution in [2.45, 2.75) is 26.4 Å². The molecule has 8 nitrogen and oxygen atoms in total. The van der Waals surface area contributed by atoms with Gasteiger partial charge in [-0.3, -0.25) is 4.79 Å². The number of methoxy groups -OCH3 is 1. The maximum atomic E-state index is 12.8.